The second-order valence-electron chi connectivity index (χ2n) is 3.41. The maximum atomic E-state index is 11.3. The third-order valence-electron chi connectivity index (χ3n) is 2.28. The Morgan fingerprint density at radius 3 is 3.00 bits per heavy atom. The number of hydrogen-bond donors (Lipinski definition) is 0. The van der Waals surface area contributed by atoms with Gasteiger partial charge in [0.2, 0.25) is 0 Å². The molecular formula is C10H14N2O3. The molecule has 0 saturated carbocycles. The van der Waals surface area contributed by atoms with Crippen LogP contribution in [0.1, 0.15) is 12.8 Å². The molecule has 5 heteroatoms. The predicted molar refractivity (Wildman–Crippen MR) is 53.4 cm³/mol. The molecule has 1 saturated heterocycles. The molecule has 1 aromatic heterocycles. The van der Waals surface area contributed by atoms with Gasteiger partial charge in [-0.3, -0.25) is 4.57 Å². The number of aromatic nitrogens is 2. The first-order valence-corrected chi connectivity index (χ1v) is 5.11. The third kappa shape index (κ3) is 2.87. The van der Waals surface area contributed by atoms with Crippen LogP contribution in [0.15, 0.2) is 23.3 Å². The van der Waals surface area contributed by atoms with E-state index in [0.717, 1.165) is 19.6 Å². The molecule has 0 amide bonds. The number of rotatable bonds is 3. The monoisotopic (exact) mass is 210 g/mol. The van der Waals surface area contributed by atoms with E-state index in [1.54, 1.807) is 16.8 Å². The van der Waals surface area contributed by atoms with Gasteiger partial charge in [-0.2, -0.15) is 0 Å². The second kappa shape index (κ2) is 5.04. The van der Waals surface area contributed by atoms with Gasteiger partial charge in [0.25, 0.3) is 0 Å². The quantitative estimate of drug-likeness (QED) is 0.724. The highest BCUT2D eigenvalue weighted by atomic mass is 16.7. The minimum Gasteiger partial charge on any atom is -0.353 e. The summed E-state index contributed by atoms with van der Waals surface area (Å²) in [6.45, 7) is 2.07. The van der Waals surface area contributed by atoms with Crippen molar-refractivity contribution >= 4 is 0 Å². The summed E-state index contributed by atoms with van der Waals surface area (Å²) in [7, 11) is 0. The highest BCUT2D eigenvalue weighted by Crippen LogP contribution is 2.08. The maximum Gasteiger partial charge on any atom is 0.347 e. The Hall–Kier alpha value is -1.20. The van der Waals surface area contributed by atoms with Gasteiger partial charge < -0.3 is 9.47 Å². The summed E-state index contributed by atoms with van der Waals surface area (Å²) in [6, 6.07) is 1.74. The van der Waals surface area contributed by atoms with E-state index < -0.39 is 0 Å². The zero-order valence-electron chi connectivity index (χ0n) is 8.46. The summed E-state index contributed by atoms with van der Waals surface area (Å²) in [4.78, 5) is 14.9. The van der Waals surface area contributed by atoms with Gasteiger partial charge in [0.05, 0.1) is 13.2 Å². The van der Waals surface area contributed by atoms with Crippen molar-refractivity contribution in [3.05, 3.63) is 28.9 Å². The Labute approximate surface area is 87.7 Å². The number of aryl methyl sites for hydroxylation is 1. The predicted octanol–water partition coefficient (Wildman–Crippen LogP) is 0.396. The van der Waals surface area contributed by atoms with Gasteiger partial charge in [-0.25, -0.2) is 9.78 Å². The van der Waals surface area contributed by atoms with Gasteiger partial charge in [-0.15, -0.1) is 0 Å². The lowest BCUT2D eigenvalue weighted by molar-refractivity contribution is -0.182. The van der Waals surface area contributed by atoms with Crippen molar-refractivity contribution in [3.8, 4) is 0 Å². The van der Waals surface area contributed by atoms with Crippen LogP contribution < -0.4 is 5.69 Å². The SMILES string of the molecule is O=c1ncccn1CCC1OCCCO1. The lowest BCUT2D eigenvalue weighted by Crippen LogP contribution is -2.29. The van der Waals surface area contributed by atoms with Gasteiger partial charge in [-0.1, -0.05) is 0 Å². The van der Waals surface area contributed by atoms with Crippen LogP contribution in [0, 0.1) is 0 Å². The summed E-state index contributed by atoms with van der Waals surface area (Å²) >= 11 is 0. The molecule has 82 valence electrons. The van der Waals surface area contributed by atoms with Crippen LogP contribution in [0.5, 0.6) is 0 Å². The van der Waals surface area contributed by atoms with Crippen molar-refractivity contribution < 1.29 is 9.47 Å². The van der Waals surface area contributed by atoms with Crippen LogP contribution in [0.4, 0.5) is 0 Å². The molecule has 2 rings (SSSR count). The molecule has 5 nitrogen and oxygen atoms in total. The Morgan fingerprint density at radius 2 is 2.27 bits per heavy atom. The Balaban J connectivity index is 1.87. The molecular weight excluding hydrogens is 196 g/mol. The molecule has 1 aliphatic rings. The topological polar surface area (TPSA) is 53.4 Å². The summed E-state index contributed by atoms with van der Waals surface area (Å²) in [6.07, 6.45) is 4.67. The summed E-state index contributed by atoms with van der Waals surface area (Å²) in [5.41, 5.74) is -0.228. The van der Waals surface area contributed by atoms with E-state index in [4.69, 9.17) is 9.47 Å². The molecule has 0 spiro atoms. The van der Waals surface area contributed by atoms with E-state index in [9.17, 15) is 4.79 Å². The highest BCUT2D eigenvalue weighted by molar-refractivity contribution is 4.80. The standard InChI is InChI=1S/C10H14N2O3/c13-10-11-4-1-5-12(10)6-3-9-14-7-2-8-15-9/h1,4-5,9H,2-3,6-8H2. The Morgan fingerprint density at radius 1 is 1.47 bits per heavy atom. The molecule has 0 unspecified atom stereocenters. The van der Waals surface area contributed by atoms with Gasteiger partial charge in [0.1, 0.15) is 0 Å². The smallest absolute Gasteiger partial charge is 0.347 e. The van der Waals surface area contributed by atoms with Crippen LogP contribution in [0.3, 0.4) is 0 Å². The molecule has 1 fully saturated rings. The molecule has 0 bridgehead atoms. The van der Waals surface area contributed by atoms with Gasteiger partial charge >= 0.3 is 5.69 Å². The minimum absolute atomic E-state index is 0.175. The molecule has 0 aliphatic carbocycles. The van der Waals surface area contributed by atoms with Gasteiger partial charge in [-0.05, 0) is 12.5 Å². The molecule has 15 heavy (non-hydrogen) atoms. The Bertz CT molecular complexity index is 358. The third-order valence-corrected chi connectivity index (χ3v) is 2.28. The first kappa shape index (κ1) is 10.3. The van der Waals surface area contributed by atoms with Crippen molar-refractivity contribution in [2.75, 3.05) is 13.2 Å². The van der Waals surface area contributed by atoms with Crippen molar-refractivity contribution in [2.45, 2.75) is 25.7 Å². The summed E-state index contributed by atoms with van der Waals surface area (Å²) < 4.78 is 12.3. The first-order valence-electron chi connectivity index (χ1n) is 5.11. The number of ether oxygens (including phenoxy) is 2. The van der Waals surface area contributed by atoms with Gasteiger partial charge in [0.15, 0.2) is 6.29 Å². The van der Waals surface area contributed by atoms with E-state index in [-0.39, 0.29) is 12.0 Å². The molecule has 0 radical (unpaired) electrons. The fourth-order valence-electron chi connectivity index (χ4n) is 1.51. The van der Waals surface area contributed by atoms with E-state index in [1.165, 1.54) is 6.20 Å². The number of nitrogens with zero attached hydrogens (tertiary/aromatic N) is 2. The van der Waals surface area contributed by atoms with Gasteiger partial charge in [0, 0.05) is 25.4 Å². The molecule has 0 atom stereocenters. The molecule has 1 aliphatic heterocycles. The van der Waals surface area contributed by atoms with Crippen LogP contribution >= 0.6 is 0 Å². The average Bonchev–Trinajstić information content (AvgIpc) is 2.29. The average molecular weight is 210 g/mol. The van der Waals surface area contributed by atoms with Crippen molar-refractivity contribution in [1.82, 2.24) is 9.55 Å². The Kier molecular flexibility index (Phi) is 3.47. The minimum atomic E-state index is -0.228. The van der Waals surface area contributed by atoms with Crippen LogP contribution in [-0.2, 0) is 16.0 Å². The summed E-state index contributed by atoms with van der Waals surface area (Å²) in [5.74, 6) is 0. The molecule has 0 N–H and O–H groups in total. The fraction of sp³-hybridized carbons (Fsp3) is 0.600. The molecule has 0 aromatic carbocycles. The largest absolute Gasteiger partial charge is 0.353 e. The van der Waals surface area contributed by atoms with E-state index in [1.807, 2.05) is 0 Å². The second-order valence-corrected chi connectivity index (χ2v) is 3.41. The fourth-order valence-corrected chi connectivity index (χ4v) is 1.51. The number of hydrogen-bond acceptors (Lipinski definition) is 4. The normalized spacial score (nSPS) is 17.9. The highest BCUT2D eigenvalue weighted by Gasteiger charge is 2.13. The summed E-state index contributed by atoms with van der Waals surface area (Å²) in [5, 5.41) is 0. The van der Waals surface area contributed by atoms with Crippen molar-refractivity contribution in [2.24, 2.45) is 0 Å². The zero-order valence-corrected chi connectivity index (χ0v) is 8.46. The van der Waals surface area contributed by atoms with Crippen LogP contribution in [0.2, 0.25) is 0 Å². The lowest BCUT2D eigenvalue weighted by Gasteiger charge is -2.23. The van der Waals surface area contributed by atoms with E-state index in [0.29, 0.717) is 13.0 Å². The first-order chi connectivity index (χ1) is 7.36. The molecule has 1 aromatic rings. The van der Waals surface area contributed by atoms with Crippen molar-refractivity contribution in [1.29, 1.82) is 0 Å². The van der Waals surface area contributed by atoms with Crippen LogP contribution in [0.25, 0.3) is 0 Å². The van der Waals surface area contributed by atoms with E-state index >= 15 is 0 Å². The lowest BCUT2D eigenvalue weighted by atomic mass is 10.3. The van der Waals surface area contributed by atoms with Crippen LogP contribution in [-0.4, -0.2) is 29.1 Å². The molecule has 2 heterocycles. The zero-order chi connectivity index (χ0) is 10.5. The maximum absolute atomic E-state index is 11.3. The van der Waals surface area contributed by atoms with E-state index in [2.05, 4.69) is 4.98 Å². The van der Waals surface area contributed by atoms with Crippen molar-refractivity contribution in [3.63, 3.8) is 0 Å².